The van der Waals surface area contributed by atoms with Gasteiger partial charge in [0.25, 0.3) is 0 Å². The predicted molar refractivity (Wildman–Crippen MR) is 273 cm³/mol. The van der Waals surface area contributed by atoms with Crippen LogP contribution >= 0.6 is 0 Å². The molecule has 0 aromatic heterocycles. The van der Waals surface area contributed by atoms with Crippen LogP contribution in [0.25, 0.3) is 36.5 Å². The van der Waals surface area contributed by atoms with Gasteiger partial charge in [0.2, 0.25) is 33.6 Å². The second-order valence-corrected chi connectivity index (χ2v) is 16.9. The fourth-order valence-electron chi connectivity index (χ4n) is 8.85. The Morgan fingerprint density at radius 3 is 0.444 bits per heavy atom. The zero-order valence-electron chi connectivity index (χ0n) is 38.4. The number of ketones is 6. The topological polar surface area (TPSA) is 224 Å². The number of carbonyl (C=O) groups excluding carboxylic acids is 6. The molecule has 7 rings (SSSR count). The van der Waals surface area contributed by atoms with E-state index in [2.05, 4.69) is 0 Å². The first-order chi connectivity index (χ1) is 34.5. The number of benzene rings is 6. The van der Waals surface area contributed by atoms with Gasteiger partial charge < -0.3 is 30.6 Å². The quantitative estimate of drug-likeness (QED) is 0.0540. The SMILES string of the molecule is O=C(/C=C/c1ccccc1)[C@]1(O)[C@@](O)(C(=O)/C=C/c2ccccc2)[C@](O)(C(=O)/C=C/c2ccccc2)[C@@](O)(C(=O)/C=C/c2ccccc2)[C@](O)(C(=O)/C=C/c2ccccc2)[C@]1(O)C(=O)/C=C/c1ccccc1. The number of rotatable bonds is 18. The molecule has 360 valence electrons. The Hall–Kier alpha value is -8.46. The minimum Gasteiger partial charge on any atom is -0.375 e. The van der Waals surface area contributed by atoms with Crippen molar-refractivity contribution in [2.24, 2.45) is 0 Å². The molecule has 1 fully saturated rings. The van der Waals surface area contributed by atoms with Crippen LogP contribution in [0.3, 0.4) is 0 Å². The van der Waals surface area contributed by atoms with Crippen molar-refractivity contribution in [2.45, 2.75) is 33.6 Å². The molecule has 0 unspecified atom stereocenters. The van der Waals surface area contributed by atoms with E-state index in [1.807, 2.05) is 0 Å². The minimum atomic E-state index is -4.85. The molecule has 0 atom stereocenters. The van der Waals surface area contributed by atoms with Crippen LogP contribution in [-0.4, -0.2) is 98.9 Å². The number of hydrogen-bond donors (Lipinski definition) is 6. The molecule has 1 aliphatic rings. The van der Waals surface area contributed by atoms with Crippen LogP contribution in [0, 0.1) is 0 Å². The zero-order valence-corrected chi connectivity index (χ0v) is 38.4. The van der Waals surface area contributed by atoms with Gasteiger partial charge in [0.1, 0.15) is 0 Å². The van der Waals surface area contributed by atoms with Crippen LogP contribution in [0.15, 0.2) is 218 Å². The summed E-state index contributed by atoms with van der Waals surface area (Å²) in [5.41, 5.74) is -27.9. The number of carbonyl (C=O) groups is 6. The van der Waals surface area contributed by atoms with E-state index in [1.54, 1.807) is 109 Å². The van der Waals surface area contributed by atoms with Gasteiger partial charge in [-0.2, -0.15) is 0 Å². The first-order valence-electron chi connectivity index (χ1n) is 22.5. The van der Waals surface area contributed by atoms with Crippen LogP contribution in [-0.2, 0) is 28.8 Å². The van der Waals surface area contributed by atoms with Gasteiger partial charge in [0.15, 0.2) is 34.7 Å². The Kier molecular flexibility index (Phi) is 15.2. The van der Waals surface area contributed by atoms with Gasteiger partial charge >= 0.3 is 0 Å². The highest BCUT2D eigenvalue weighted by molar-refractivity contribution is 6.27. The van der Waals surface area contributed by atoms with E-state index < -0.39 is 68.3 Å². The Bertz CT molecular complexity index is 2570. The van der Waals surface area contributed by atoms with Crippen molar-refractivity contribution < 1.29 is 59.4 Å². The van der Waals surface area contributed by atoms with Gasteiger partial charge in [-0.05, 0) is 69.8 Å². The third-order valence-electron chi connectivity index (χ3n) is 12.6. The highest BCUT2D eigenvalue weighted by atomic mass is 16.5. The molecule has 0 radical (unpaired) electrons. The lowest BCUT2D eigenvalue weighted by atomic mass is 9.39. The molecule has 0 spiro atoms. The van der Waals surface area contributed by atoms with Crippen molar-refractivity contribution in [3.05, 3.63) is 252 Å². The summed E-state index contributed by atoms with van der Waals surface area (Å²) in [4.78, 5) is 92.9. The fourth-order valence-corrected chi connectivity index (χ4v) is 8.85. The molecule has 0 amide bonds. The standard InChI is InChI=1S/C60H48O12/c61-49(37-31-43-19-7-1-8-20-43)55(67)56(68,50(62)38-32-44-21-9-2-10-22-44)58(70,52(64)40-34-46-25-13-4-14-26-46)60(72,54(66)42-36-48-29-17-6-18-30-48)59(71,53(65)41-35-47-27-15-5-16-28-47)57(55,69)51(63)39-33-45-23-11-3-12-24-45/h1-42,67-72H/b37-31+,38-32+,39-33+,40-34+,41-35+,42-36+/t55-,56-,57-,58+,59-,60-. The molecule has 12 nitrogen and oxygen atoms in total. The van der Waals surface area contributed by atoms with E-state index in [-0.39, 0.29) is 33.4 Å². The maximum Gasteiger partial charge on any atom is 0.206 e. The monoisotopic (exact) mass is 960 g/mol. The molecule has 1 saturated carbocycles. The van der Waals surface area contributed by atoms with Gasteiger partial charge in [0.05, 0.1) is 0 Å². The lowest BCUT2D eigenvalue weighted by molar-refractivity contribution is -0.370. The molecule has 6 aromatic rings. The van der Waals surface area contributed by atoms with Crippen LogP contribution in [0.2, 0.25) is 0 Å². The molecular formula is C60H48O12. The minimum absolute atomic E-state index is 0.204. The van der Waals surface area contributed by atoms with Crippen molar-refractivity contribution in [2.75, 3.05) is 0 Å². The largest absolute Gasteiger partial charge is 0.375 e. The molecule has 1 aliphatic carbocycles. The van der Waals surface area contributed by atoms with Crippen LogP contribution in [0.1, 0.15) is 33.4 Å². The second-order valence-electron chi connectivity index (χ2n) is 16.9. The third kappa shape index (κ3) is 8.86. The highest BCUT2D eigenvalue weighted by Crippen LogP contribution is 2.61. The van der Waals surface area contributed by atoms with E-state index >= 15 is 28.8 Å². The van der Waals surface area contributed by atoms with E-state index in [1.165, 1.54) is 72.8 Å². The summed E-state index contributed by atoms with van der Waals surface area (Å²) in [5, 5.41) is 82.4. The average molecular weight is 961 g/mol. The molecule has 0 bridgehead atoms. The third-order valence-corrected chi connectivity index (χ3v) is 12.6. The summed E-state index contributed by atoms with van der Waals surface area (Å²) in [5.74, 6) is -12.5. The molecule has 0 heterocycles. The van der Waals surface area contributed by atoms with E-state index in [0.29, 0.717) is 36.5 Å². The molecule has 0 saturated heterocycles. The van der Waals surface area contributed by atoms with Crippen molar-refractivity contribution in [3.63, 3.8) is 0 Å². The summed E-state index contributed by atoms with van der Waals surface area (Å²) in [7, 11) is 0. The Labute approximate surface area is 414 Å². The summed E-state index contributed by atoms with van der Waals surface area (Å²) in [6.07, 6.45) is 8.76. The summed E-state index contributed by atoms with van der Waals surface area (Å²) in [6.45, 7) is 0. The molecule has 6 aromatic carbocycles. The maximum atomic E-state index is 15.5. The fraction of sp³-hybridized carbons (Fsp3) is 0.100. The maximum absolute atomic E-state index is 15.5. The van der Waals surface area contributed by atoms with Gasteiger partial charge in [-0.15, -0.1) is 0 Å². The van der Waals surface area contributed by atoms with Crippen molar-refractivity contribution in [1.82, 2.24) is 0 Å². The number of aliphatic hydroxyl groups is 6. The molecule has 12 heteroatoms. The van der Waals surface area contributed by atoms with Crippen molar-refractivity contribution in [1.29, 1.82) is 0 Å². The highest BCUT2D eigenvalue weighted by Gasteiger charge is 2.97. The first-order valence-corrected chi connectivity index (χ1v) is 22.5. The lowest BCUT2D eigenvalue weighted by Crippen LogP contribution is -3.02. The van der Waals surface area contributed by atoms with Gasteiger partial charge in [0, 0.05) is 0 Å². The molecule has 72 heavy (non-hydrogen) atoms. The summed E-state index contributed by atoms with van der Waals surface area (Å²) < 4.78 is 0. The van der Waals surface area contributed by atoms with Crippen molar-refractivity contribution in [3.8, 4) is 0 Å². The summed E-state index contributed by atoms with van der Waals surface area (Å²) in [6, 6.07) is 45.8. The van der Waals surface area contributed by atoms with E-state index in [4.69, 9.17) is 0 Å². The molecule has 6 N–H and O–H groups in total. The van der Waals surface area contributed by atoms with Gasteiger partial charge in [-0.1, -0.05) is 218 Å². The molecule has 0 aliphatic heterocycles. The Morgan fingerprint density at radius 1 is 0.222 bits per heavy atom. The molecular weight excluding hydrogens is 913 g/mol. The second kappa shape index (κ2) is 21.3. The zero-order chi connectivity index (χ0) is 51.6. The first kappa shape index (κ1) is 51.4. The normalized spacial score (nSPS) is 25.4. The smallest absolute Gasteiger partial charge is 0.206 e. The van der Waals surface area contributed by atoms with Crippen LogP contribution < -0.4 is 0 Å². The van der Waals surface area contributed by atoms with E-state index in [9.17, 15) is 30.6 Å². The van der Waals surface area contributed by atoms with Gasteiger partial charge in [-0.25, -0.2) is 0 Å². The predicted octanol–water partition coefficient (Wildman–Crippen LogP) is 6.08. The lowest BCUT2D eigenvalue weighted by Gasteiger charge is -2.67. The van der Waals surface area contributed by atoms with E-state index in [0.717, 1.165) is 36.5 Å². The van der Waals surface area contributed by atoms with Crippen LogP contribution in [0.5, 0.6) is 0 Å². The van der Waals surface area contributed by atoms with Gasteiger partial charge in [-0.3, -0.25) is 28.8 Å². The number of hydrogen-bond acceptors (Lipinski definition) is 12. The van der Waals surface area contributed by atoms with Crippen LogP contribution in [0.4, 0.5) is 0 Å². The summed E-state index contributed by atoms with van der Waals surface area (Å²) >= 11 is 0. The Balaban J connectivity index is 1.68. The average Bonchev–Trinajstić information content (AvgIpc) is 3.42. The van der Waals surface area contributed by atoms with Crippen molar-refractivity contribution >= 4 is 71.2 Å². The Morgan fingerprint density at radius 2 is 0.333 bits per heavy atom.